The zero-order valence-electron chi connectivity index (χ0n) is 10.1. The second-order valence-corrected chi connectivity index (χ2v) is 3.89. The lowest BCUT2D eigenvalue weighted by molar-refractivity contribution is -0.384. The number of nitrogens with one attached hydrogen (secondary N) is 1. The van der Waals surface area contributed by atoms with Gasteiger partial charge in [0.15, 0.2) is 0 Å². The highest BCUT2D eigenvalue weighted by molar-refractivity contribution is 5.65. The van der Waals surface area contributed by atoms with E-state index in [-0.39, 0.29) is 16.7 Å². The maximum atomic E-state index is 11.0. The first-order valence-electron chi connectivity index (χ1n) is 5.54. The van der Waals surface area contributed by atoms with Gasteiger partial charge in [0, 0.05) is 18.0 Å². The summed E-state index contributed by atoms with van der Waals surface area (Å²) in [5.74, 6) is 2.57. The van der Waals surface area contributed by atoms with Crippen molar-refractivity contribution in [3.63, 3.8) is 0 Å². The Bertz CT molecular complexity index is 449. The van der Waals surface area contributed by atoms with Crippen LogP contribution in [0.3, 0.4) is 0 Å². The fourth-order valence-electron chi connectivity index (χ4n) is 1.68. The van der Waals surface area contributed by atoms with Gasteiger partial charge in [-0.25, -0.2) is 0 Å². The summed E-state index contributed by atoms with van der Waals surface area (Å²) < 4.78 is 0. The van der Waals surface area contributed by atoms with Gasteiger partial charge in [-0.05, 0) is 19.4 Å². The quantitative estimate of drug-likeness (QED) is 0.482. The van der Waals surface area contributed by atoms with Crippen molar-refractivity contribution < 1.29 is 4.92 Å². The Balaban J connectivity index is 3.02. The molecule has 0 radical (unpaired) electrons. The Morgan fingerprint density at radius 1 is 1.59 bits per heavy atom. The molecule has 90 valence electrons. The predicted octanol–water partition coefficient (Wildman–Crippen LogP) is 3.12. The first-order chi connectivity index (χ1) is 8.10. The molecule has 0 aliphatic rings. The third-order valence-electron chi connectivity index (χ3n) is 2.64. The van der Waals surface area contributed by atoms with Crippen LogP contribution < -0.4 is 5.32 Å². The fraction of sp³-hybridized carbons (Fsp3) is 0.385. The van der Waals surface area contributed by atoms with E-state index in [1.165, 1.54) is 0 Å². The number of rotatable bonds is 5. The summed E-state index contributed by atoms with van der Waals surface area (Å²) >= 11 is 0. The van der Waals surface area contributed by atoms with Crippen LogP contribution >= 0.6 is 0 Å². The first-order valence-corrected chi connectivity index (χ1v) is 5.54. The lowest BCUT2D eigenvalue weighted by atomic mass is 10.1. The second-order valence-electron chi connectivity index (χ2n) is 3.89. The monoisotopic (exact) mass is 232 g/mol. The summed E-state index contributed by atoms with van der Waals surface area (Å²) in [7, 11) is 0. The van der Waals surface area contributed by atoms with Crippen LogP contribution in [0.4, 0.5) is 11.4 Å². The highest BCUT2D eigenvalue weighted by Gasteiger charge is 2.18. The Kier molecular flexibility index (Phi) is 4.53. The van der Waals surface area contributed by atoms with Crippen molar-refractivity contribution in [2.45, 2.75) is 32.7 Å². The molecular weight excluding hydrogens is 216 g/mol. The Labute approximate surface area is 101 Å². The van der Waals surface area contributed by atoms with Gasteiger partial charge in [0.05, 0.1) is 4.92 Å². The van der Waals surface area contributed by atoms with Gasteiger partial charge in [-0.2, -0.15) is 0 Å². The van der Waals surface area contributed by atoms with E-state index in [0.717, 1.165) is 6.42 Å². The van der Waals surface area contributed by atoms with Crippen LogP contribution in [0.2, 0.25) is 0 Å². The third-order valence-corrected chi connectivity index (χ3v) is 2.64. The molecule has 0 aromatic heterocycles. The second kappa shape index (κ2) is 5.90. The number of nitro benzene ring substituents is 1. The largest absolute Gasteiger partial charge is 0.376 e. The van der Waals surface area contributed by atoms with Crippen LogP contribution in [0.25, 0.3) is 0 Å². The number of benzene rings is 1. The van der Waals surface area contributed by atoms with E-state index < -0.39 is 0 Å². The minimum absolute atomic E-state index is 0.0699. The summed E-state index contributed by atoms with van der Waals surface area (Å²) in [4.78, 5) is 10.6. The van der Waals surface area contributed by atoms with E-state index in [2.05, 4.69) is 11.2 Å². The van der Waals surface area contributed by atoms with E-state index in [1.807, 2.05) is 6.92 Å². The topological polar surface area (TPSA) is 55.2 Å². The summed E-state index contributed by atoms with van der Waals surface area (Å²) in [6.45, 7) is 3.72. The highest BCUT2D eigenvalue weighted by Crippen LogP contribution is 2.28. The molecular formula is C13H16N2O2. The number of hydrogen-bond acceptors (Lipinski definition) is 3. The third kappa shape index (κ3) is 3.22. The van der Waals surface area contributed by atoms with Crippen molar-refractivity contribution in [1.82, 2.24) is 0 Å². The predicted molar refractivity (Wildman–Crippen MR) is 69.0 cm³/mol. The Hall–Kier alpha value is -2.02. The van der Waals surface area contributed by atoms with Crippen molar-refractivity contribution in [2.75, 3.05) is 5.32 Å². The van der Waals surface area contributed by atoms with Crippen molar-refractivity contribution >= 4 is 11.4 Å². The van der Waals surface area contributed by atoms with Gasteiger partial charge in [0.2, 0.25) is 0 Å². The Morgan fingerprint density at radius 3 is 2.82 bits per heavy atom. The Morgan fingerprint density at radius 2 is 2.29 bits per heavy atom. The van der Waals surface area contributed by atoms with Gasteiger partial charge in [-0.3, -0.25) is 10.1 Å². The van der Waals surface area contributed by atoms with E-state index in [4.69, 9.17) is 6.42 Å². The van der Waals surface area contributed by atoms with Gasteiger partial charge in [-0.15, -0.1) is 12.3 Å². The molecule has 0 aliphatic heterocycles. The molecule has 1 unspecified atom stereocenters. The molecule has 0 heterocycles. The van der Waals surface area contributed by atoms with Crippen LogP contribution in [0.15, 0.2) is 18.2 Å². The molecule has 1 rings (SSSR count). The molecule has 1 aromatic rings. The van der Waals surface area contributed by atoms with Crippen LogP contribution in [0.5, 0.6) is 0 Å². The molecule has 0 bridgehead atoms. The van der Waals surface area contributed by atoms with Crippen LogP contribution in [0, 0.1) is 29.4 Å². The normalized spacial score (nSPS) is 11.6. The lowest BCUT2D eigenvalue weighted by Gasteiger charge is -2.16. The molecule has 0 amide bonds. The zero-order chi connectivity index (χ0) is 12.8. The van der Waals surface area contributed by atoms with Crippen LogP contribution in [-0.2, 0) is 0 Å². The number of para-hydroxylation sites is 1. The maximum absolute atomic E-state index is 11.0. The van der Waals surface area contributed by atoms with Crippen molar-refractivity contribution in [1.29, 1.82) is 0 Å². The minimum atomic E-state index is -0.361. The summed E-state index contributed by atoms with van der Waals surface area (Å²) in [6, 6.07) is 5.31. The summed E-state index contributed by atoms with van der Waals surface area (Å²) in [5.41, 5.74) is 1.32. The SMILES string of the molecule is C#CCC(CC)Nc1cccc(C)c1[N+](=O)[O-]. The fourth-order valence-corrected chi connectivity index (χ4v) is 1.68. The van der Waals surface area contributed by atoms with Gasteiger partial charge in [-0.1, -0.05) is 19.1 Å². The molecule has 0 spiro atoms. The van der Waals surface area contributed by atoms with Crippen molar-refractivity contribution in [2.24, 2.45) is 0 Å². The van der Waals surface area contributed by atoms with E-state index >= 15 is 0 Å². The smallest absolute Gasteiger partial charge is 0.295 e. The maximum Gasteiger partial charge on any atom is 0.295 e. The molecule has 0 saturated carbocycles. The number of hydrogen-bond donors (Lipinski definition) is 1. The van der Waals surface area contributed by atoms with Gasteiger partial charge in [0.25, 0.3) is 5.69 Å². The average Bonchev–Trinajstić information content (AvgIpc) is 2.28. The number of terminal acetylenes is 1. The number of nitrogens with zero attached hydrogens (tertiary/aromatic N) is 1. The van der Waals surface area contributed by atoms with E-state index in [9.17, 15) is 10.1 Å². The zero-order valence-corrected chi connectivity index (χ0v) is 10.1. The molecule has 0 aliphatic carbocycles. The molecule has 1 N–H and O–H groups in total. The summed E-state index contributed by atoms with van der Waals surface area (Å²) in [5, 5.41) is 14.1. The van der Waals surface area contributed by atoms with Crippen molar-refractivity contribution in [3.8, 4) is 12.3 Å². The molecule has 1 atom stereocenters. The number of nitro groups is 1. The molecule has 0 saturated heterocycles. The average molecular weight is 232 g/mol. The first kappa shape index (κ1) is 13.0. The van der Waals surface area contributed by atoms with Crippen LogP contribution in [-0.4, -0.2) is 11.0 Å². The highest BCUT2D eigenvalue weighted by atomic mass is 16.6. The van der Waals surface area contributed by atoms with Crippen molar-refractivity contribution in [3.05, 3.63) is 33.9 Å². The molecule has 17 heavy (non-hydrogen) atoms. The van der Waals surface area contributed by atoms with Gasteiger partial charge >= 0.3 is 0 Å². The lowest BCUT2D eigenvalue weighted by Crippen LogP contribution is -2.18. The summed E-state index contributed by atoms with van der Waals surface area (Å²) in [6.07, 6.45) is 6.65. The standard InChI is InChI=1S/C13H16N2O2/c1-4-7-11(5-2)14-12-9-6-8-10(3)13(12)15(16)17/h1,6,8-9,11,14H,5,7H2,2-3H3. The van der Waals surface area contributed by atoms with Crippen LogP contribution in [0.1, 0.15) is 25.3 Å². The van der Waals surface area contributed by atoms with Gasteiger partial charge in [0.1, 0.15) is 5.69 Å². The van der Waals surface area contributed by atoms with Gasteiger partial charge < -0.3 is 5.32 Å². The molecule has 4 heteroatoms. The minimum Gasteiger partial charge on any atom is -0.376 e. The van der Waals surface area contributed by atoms with E-state index in [1.54, 1.807) is 25.1 Å². The molecule has 1 aromatic carbocycles. The molecule has 0 fully saturated rings. The number of aryl methyl sites for hydroxylation is 1. The number of anilines is 1. The van der Waals surface area contributed by atoms with E-state index in [0.29, 0.717) is 17.7 Å². The molecule has 4 nitrogen and oxygen atoms in total.